The van der Waals surface area contributed by atoms with Gasteiger partial charge in [-0.2, -0.15) is 0 Å². The molecule has 3 nitrogen and oxygen atoms in total. The van der Waals surface area contributed by atoms with E-state index in [0.717, 1.165) is 37.9 Å². The Bertz CT molecular complexity index is 248. The Hall–Kier alpha value is -0.570. The molecule has 15 heavy (non-hydrogen) atoms. The Labute approximate surface area is 92.2 Å². The summed E-state index contributed by atoms with van der Waals surface area (Å²) in [6.45, 7) is 7.61. The maximum atomic E-state index is 11.8. The minimum Gasteiger partial charge on any atom is -0.342 e. The molecule has 1 saturated carbocycles. The molecule has 0 radical (unpaired) electrons. The van der Waals surface area contributed by atoms with Crippen molar-refractivity contribution < 1.29 is 4.79 Å². The zero-order chi connectivity index (χ0) is 11.1. The van der Waals surface area contributed by atoms with E-state index in [1.54, 1.807) is 0 Å². The number of carbonyl (C=O) groups excluding carboxylic acids is 1. The molecule has 1 saturated heterocycles. The average molecular weight is 210 g/mol. The first-order valence-corrected chi connectivity index (χ1v) is 5.99. The van der Waals surface area contributed by atoms with E-state index in [-0.39, 0.29) is 0 Å². The third-order valence-corrected chi connectivity index (χ3v) is 4.29. The number of piperidine rings is 1. The zero-order valence-electron chi connectivity index (χ0n) is 10.0. The van der Waals surface area contributed by atoms with Gasteiger partial charge in [-0.3, -0.25) is 4.79 Å². The first kappa shape index (κ1) is 10.9. The highest BCUT2D eigenvalue weighted by Crippen LogP contribution is 2.61. The average Bonchev–Trinajstić information content (AvgIpc) is 2.62. The summed E-state index contributed by atoms with van der Waals surface area (Å²) in [6.07, 6.45) is 1.67. The van der Waals surface area contributed by atoms with E-state index in [0.29, 0.717) is 17.7 Å². The topological polar surface area (TPSA) is 32.3 Å². The fraction of sp³-hybridized carbons (Fsp3) is 0.917. The SMILES string of the molecule is CNCCCC(=O)N1CC2C(C1)C2(C)C. The second kappa shape index (κ2) is 3.78. The van der Waals surface area contributed by atoms with E-state index in [2.05, 4.69) is 24.1 Å². The quantitative estimate of drug-likeness (QED) is 0.705. The van der Waals surface area contributed by atoms with Crippen molar-refractivity contribution in [2.45, 2.75) is 26.7 Å². The lowest BCUT2D eigenvalue weighted by Crippen LogP contribution is -2.33. The number of carbonyl (C=O) groups is 1. The molecule has 0 spiro atoms. The maximum absolute atomic E-state index is 11.8. The van der Waals surface area contributed by atoms with Gasteiger partial charge in [0.1, 0.15) is 0 Å². The van der Waals surface area contributed by atoms with Crippen molar-refractivity contribution in [2.75, 3.05) is 26.7 Å². The number of likely N-dealkylation sites (tertiary alicyclic amines) is 1. The van der Waals surface area contributed by atoms with Gasteiger partial charge in [-0.05, 0) is 37.3 Å². The highest BCUT2D eigenvalue weighted by Gasteiger charge is 2.62. The normalized spacial score (nSPS) is 31.5. The lowest BCUT2D eigenvalue weighted by molar-refractivity contribution is -0.131. The number of hydrogen-bond donors (Lipinski definition) is 1. The molecule has 2 atom stereocenters. The summed E-state index contributed by atoms with van der Waals surface area (Å²) in [6, 6.07) is 0. The van der Waals surface area contributed by atoms with Gasteiger partial charge >= 0.3 is 0 Å². The molecule has 3 heteroatoms. The van der Waals surface area contributed by atoms with Crippen molar-refractivity contribution in [1.29, 1.82) is 0 Å². The third-order valence-electron chi connectivity index (χ3n) is 4.29. The van der Waals surface area contributed by atoms with Gasteiger partial charge in [0.2, 0.25) is 5.91 Å². The third kappa shape index (κ3) is 1.89. The van der Waals surface area contributed by atoms with Crippen LogP contribution in [0.5, 0.6) is 0 Å². The highest BCUT2D eigenvalue weighted by molar-refractivity contribution is 5.76. The van der Waals surface area contributed by atoms with Crippen molar-refractivity contribution in [1.82, 2.24) is 10.2 Å². The number of nitrogens with zero attached hydrogens (tertiary/aromatic N) is 1. The van der Waals surface area contributed by atoms with Crippen LogP contribution in [0.15, 0.2) is 0 Å². The first-order chi connectivity index (χ1) is 7.07. The predicted octanol–water partition coefficient (Wildman–Crippen LogP) is 1.10. The second-order valence-corrected chi connectivity index (χ2v) is 5.54. The largest absolute Gasteiger partial charge is 0.342 e. The summed E-state index contributed by atoms with van der Waals surface area (Å²) >= 11 is 0. The summed E-state index contributed by atoms with van der Waals surface area (Å²) in [5.41, 5.74) is 0.516. The van der Waals surface area contributed by atoms with E-state index >= 15 is 0 Å². The second-order valence-electron chi connectivity index (χ2n) is 5.54. The molecule has 1 aliphatic heterocycles. The van der Waals surface area contributed by atoms with Crippen LogP contribution in [0.2, 0.25) is 0 Å². The number of amides is 1. The van der Waals surface area contributed by atoms with Gasteiger partial charge in [-0.15, -0.1) is 0 Å². The van der Waals surface area contributed by atoms with Crippen molar-refractivity contribution in [3.8, 4) is 0 Å². The van der Waals surface area contributed by atoms with Crippen LogP contribution in [0.1, 0.15) is 26.7 Å². The summed E-state index contributed by atoms with van der Waals surface area (Å²) < 4.78 is 0. The summed E-state index contributed by atoms with van der Waals surface area (Å²) in [7, 11) is 1.93. The molecule has 0 aromatic heterocycles. The van der Waals surface area contributed by atoms with Gasteiger partial charge in [-0.1, -0.05) is 13.8 Å². The minimum absolute atomic E-state index is 0.355. The van der Waals surface area contributed by atoms with Crippen LogP contribution < -0.4 is 5.32 Å². The minimum atomic E-state index is 0.355. The van der Waals surface area contributed by atoms with Gasteiger partial charge in [-0.25, -0.2) is 0 Å². The van der Waals surface area contributed by atoms with Crippen molar-refractivity contribution >= 4 is 5.91 Å². The molecule has 1 heterocycles. The van der Waals surface area contributed by atoms with Crippen molar-refractivity contribution in [3.63, 3.8) is 0 Å². The Morgan fingerprint density at radius 3 is 2.53 bits per heavy atom. The number of fused-ring (bicyclic) bond motifs is 1. The van der Waals surface area contributed by atoms with Gasteiger partial charge in [0.05, 0.1) is 0 Å². The summed E-state index contributed by atoms with van der Waals surface area (Å²) in [5.74, 6) is 1.92. The monoisotopic (exact) mass is 210 g/mol. The Morgan fingerprint density at radius 1 is 1.40 bits per heavy atom. The molecular weight excluding hydrogens is 188 g/mol. The van der Waals surface area contributed by atoms with Gasteiger partial charge in [0.15, 0.2) is 0 Å². The van der Waals surface area contributed by atoms with Crippen LogP contribution >= 0.6 is 0 Å². The van der Waals surface area contributed by atoms with Crippen LogP contribution in [0.4, 0.5) is 0 Å². The van der Waals surface area contributed by atoms with Crippen LogP contribution in [-0.4, -0.2) is 37.5 Å². The summed E-state index contributed by atoms with van der Waals surface area (Å²) in [4.78, 5) is 13.9. The zero-order valence-corrected chi connectivity index (χ0v) is 10.0. The molecular formula is C12H22N2O. The molecule has 1 N–H and O–H groups in total. The fourth-order valence-electron chi connectivity index (χ4n) is 2.91. The van der Waals surface area contributed by atoms with E-state index in [1.807, 2.05) is 7.05 Å². The Morgan fingerprint density at radius 2 is 2.00 bits per heavy atom. The number of nitrogens with one attached hydrogen (secondary N) is 1. The summed E-state index contributed by atoms with van der Waals surface area (Å²) in [5, 5.41) is 3.07. The van der Waals surface area contributed by atoms with Crippen LogP contribution in [-0.2, 0) is 4.79 Å². The van der Waals surface area contributed by atoms with Crippen LogP contribution in [0, 0.1) is 17.3 Å². The van der Waals surface area contributed by atoms with Gasteiger partial charge in [0, 0.05) is 19.5 Å². The van der Waals surface area contributed by atoms with Crippen LogP contribution in [0.25, 0.3) is 0 Å². The molecule has 2 rings (SSSR count). The standard InChI is InChI=1S/C12H22N2O/c1-12(2)9-7-14(8-10(9)12)11(15)5-4-6-13-3/h9-10,13H,4-8H2,1-3H3. The Balaban J connectivity index is 1.72. The van der Waals surface area contributed by atoms with E-state index in [1.165, 1.54) is 0 Å². The maximum Gasteiger partial charge on any atom is 0.222 e. The molecule has 2 unspecified atom stereocenters. The molecule has 0 aromatic rings. The molecule has 86 valence electrons. The molecule has 2 aliphatic rings. The van der Waals surface area contributed by atoms with E-state index in [9.17, 15) is 4.79 Å². The molecule has 0 aromatic carbocycles. The van der Waals surface area contributed by atoms with Crippen molar-refractivity contribution in [2.24, 2.45) is 17.3 Å². The first-order valence-electron chi connectivity index (χ1n) is 5.99. The Kier molecular flexibility index (Phi) is 2.75. The lowest BCUT2D eigenvalue weighted by atomic mass is 10.1. The molecule has 0 bridgehead atoms. The number of hydrogen-bond acceptors (Lipinski definition) is 2. The number of rotatable bonds is 4. The fourth-order valence-corrected chi connectivity index (χ4v) is 2.91. The molecule has 2 fully saturated rings. The van der Waals surface area contributed by atoms with Gasteiger partial charge < -0.3 is 10.2 Å². The van der Waals surface area contributed by atoms with Crippen molar-refractivity contribution in [3.05, 3.63) is 0 Å². The van der Waals surface area contributed by atoms with Gasteiger partial charge in [0.25, 0.3) is 0 Å². The highest BCUT2D eigenvalue weighted by atomic mass is 16.2. The predicted molar refractivity (Wildman–Crippen MR) is 60.5 cm³/mol. The molecule has 1 aliphatic carbocycles. The smallest absolute Gasteiger partial charge is 0.222 e. The van der Waals surface area contributed by atoms with E-state index < -0.39 is 0 Å². The van der Waals surface area contributed by atoms with E-state index in [4.69, 9.17) is 0 Å². The molecule has 1 amide bonds. The van der Waals surface area contributed by atoms with Crippen LogP contribution in [0.3, 0.4) is 0 Å². The lowest BCUT2D eigenvalue weighted by Gasteiger charge is -2.22.